The van der Waals surface area contributed by atoms with Crippen LogP contribution in [0.2, 0.25) is 0 Å². The number of nitrogens with zero attached hydrogens (tertiary/aromatic N) is 2. The highest BCUT2D eigenvalue weighted by Gasteiger charge is 2.50. The van der Waals surface area contributed by atoms with Crippen LogP contribution in [0.1, 0.15) is 47.3 Å². The number of methoxy groups -OCH3 is 1. The zero-order chi connectivity index (χ0) is 23.3. The largest absolute Gasteiger partial charge is 0.374 e. The number of nitrogens with one attached hydrogen (secondary N) is 1. The van der Waals surface area contributed by atoms with Crippen LogP contribution < -0.4 is 11.2 Å². The van der Waals surface area contributed by atoms with E-state index in [0.717, 1.165) is 0 Å². The van der Waals surface area contributed by atoms with Crippen molar-refractivity contribution in [3.05, 3.63) is 45.8 Å². The van der Waals surface area contributed by atoms with Gasteiger partial charge in [-0.05, 0) is 40.0 Å². The predicted molar refractivity (Wildman–Crippen MR) is 121 cm³/mol. The van der Waals surface area contributed by atoms with Crippen molar-refractivity contribution < 1.29 is 18.5 Å². The van der Waals surface area contributed by atoms with Crippen LogP contribution in [0.5, 0.6) is 0 Å². The molecule has 0 radical (unpaired) electrons. The van der Waals surface area contributed by atoms with Crippen LogP contribution in [0.4, 0.5) is 0 Å². The highest BCUT2D eigenvalue weighted by Crippen LogP contribution is 2.50. The van der Waals surface area contributed by atoms with E-state index in [-0.39, 0.29) is 24.1 Å². The Morgan fingerprint density at radius 2 is 1.87 bits per heavy atom. The van der Waals surface area contributed by atoms with Gasteiger partial charge in [0.1, 0.15) is 12.2 Å². The molecule has 0 saturated carbocycles. The van der Waals surface area contributed by atoms with Gasteiger partial charge in [-0.15, -0.1) is 6.58 Å². The maximum Gasteiger partial charge on any atom is 0.330 e. The molecule has 31 heavy (non-hydrogen) atoms. The summed E-state index contributed by atoms with van der Waals surface area (Å²) in [6, 6.07) is 1.70. The summed E-state index contributed by atoms with van der Waals surface area (Å²) in [6.07, 6.45) is 1.77. The molecule has 10 heteroatoms. The quantitative estimate of drug-likeness (QED) is 0.403. The van der Waals surface area contributed by atoms with Crippen molar-refractivity contribution in [2.75, 3.05) is 14.2 Å². The molecule has 6 atom stereocenters. The molecule has 0 aliphatic carbocycles. The van der Waals surface area contributed by atoms with Crippen LogP contribution in [-0.4, -0.2) is 58.8 Å². The first-order valence-electron chi connectivity index (χ1n) is 10.6. The molecule has 0 amide bonds. The van der Waals surface area contributed by atoms with Gasteiger partial charge in [0, 0.05) is 38.6 Å². The maximum absolute atomic E-state index is 12.4. The van der Waals surface area contributed by atoms with E-state index in [4.69, 9.17) is 18.5 Å². The van der Waals surface area contributed by atoms with Crippen molar-refractivity contribution in [2.24, 2.45) is 5.92 Å². The zero-order valence-corrected chi connectivity index (χ0v) is 20.4. The van der Waals surface area contributed by atoms with E-state index in [2.05, 4.69) is 43.9 Å². The predicted octanol–water partition coefficient (Wildman–Crippen LogP) is 3.04. The van der Waals surface area contributed by atoms with E-state index in [1.165, 1.54) is 16.8 Å². The standard InChI is InChI=1S/C21H36N3O6P/c1-9-10-15(6)17-18(30-31(28-8)24(13(2)3)14(4)5)19(27-7)20(29-17)23-12-11-16(25)22-21(23)26/h9,11-15,17-20H,1,10H2,2-8H3,(H,22,25,26)/t15-,17+,18?,19-,20+,31?/m0/s1. The van der Waals surface area contributed by atoms with Crippen LogP contribution >= 0.6 is 8.53 Å². The third-order valence-corrected chi connectivity index (χ3v) is 7.37. The van der Waals surface area contributed by atoms with Gasteiger partial charge in [0.2, 0.25) is 0 Å². The topological polar surface area (TPSA) is 95.0 Å². The molecule has 2 unspecified atom stereocenters. The summed E-state index contributed by atoms with van der Waals surface area (Å²) in [7, 11) is 1.79. The molecule has 176 valence electrons. The first kappa shape index (κ1) is 25.9. The Kier molecular flexibility index (Phi) is 9.61. The minimum Gasteiger partial charge on any atom is -0.374 e. The molecule has 2 rings (SSSR count). The third kappa shape index (κ3) is 5.92. The van der Waals surface area contributed by atoms with Gasteiger partial charge in [0.15, 0.2) is 6.23 Å². The molecule has 2 heterocycles. The molecular weight excluding hydrogens is 421 g/mol. The minimum absolute atomic E-state index is 0.0591. The lowest BCUT2D eigenvalue weighted by Crippen LogP contribution is -2.42. The first-order valence-corrected chi connectivity index (χ1v) is 11.7. The number of rotatable bonds is 11. The smallest absolute Gasteiger partial charge is 0.330 e. The maximum atomic E-state index is 12.4. The second-order valence-electron chi connectivity index (χ2n) is 8.27. The van der Waals surface area contributed by atoms with E-state index in [1.54, 1.807) is 14.2 Å². The Hall–Kier alpha value is -1.35. The van der Waals surface area contributed by atoms with Gasteiger partial charge in [0.05, 0.1) is 6.10 Å². The molecular formula is C21H36N3O6P. The van der Waals surface area contributed by atoms with Gasteiger partial charge in [0.25, 0.3) is 14.1 Å². The monoisotopic (exact) mass is 457 g/mol. The third-order valence-electron chi connectivity index (χ3n) is 5.34. The molecule has 0 aromatic carbocycles. The molecule has 9 nitrogen and oxygen atoms in total. The lowest BCUT2D eigenvalue weighted by molar-refractivity contribution is -0.0631. The van der Waals surface area contributed by atoms with Gasteiger partial charge >= 0.3 is 5.69 Å². The van der Waals surface area contributed by atoms with E-state index in [0.29, 0.717) is 6.42 Å². The molecule has 1 aliphatic heterocycles. The number of hydrogen-bond donors (Lipinski definition) is 1. The summed E-state index contributed by atoms with van der Waals surface area (Å²) >= 11 is 0. The van der Waals surface area contributed by atoms with Crippen molar-refractivity contribution in [2.45, 2.75) is 77.7 Å². The Morgan fingerprint density at radius 3 is 2.35 bits per heavy atom. The minimum atomic E-state index is -1.40. The normalized spacial score (nSPS) is 26.0. The average molecular weight is 458 g/mol. The molecule has 1 fully saturated rings. The van der Waals surface area contributed by atoms with Crippen molar-refractivity contribution in [1.82, 2.24) is 14.2 Å². The van der Waals surface area contributed by atoms with E-state index in [1.807, 2.05) is 13.0 Å². The first-order chi connectivity index (χ1) is 14.7. The summed E-state index contributed by atoms with van der Waals surface area (Å²) in [4.78, 5) is 26.2. The molecule has 0 spiro atoms. The van der Waals surface area contributed by atoms with Crippen molar-refractivity contribution >= 4 is 8.53 Å². The second-order valence-corrected chi connectivity index (χ2v) is 9.78. The Balaban J connectivity index is 2.45. The van der Waals surface area contributed by atoms with Gasteiger partial charge in [-0.1, -0.05) is 13.0 Å². The average Bonchev–Trinajstić information content (AvgIpc) is 3.05. The summed E-state index contributed by atoms with van der Waals surface area (Å²) in [5.74, 6) is 0.0591. The van der Waals surface area contributed by atoms with Gasteiger partial charge in [-0.2, -0.15) is 0 Å². The SMILES string of the molecule is C=CC[C@H](C)[C@H]1O[C@@H](n2ccc(=O)[nH]c2=O)[C@@H](OC)C1OP(OC)N(C(C)C)C(C)C. The van der Waals surface area contributed by atoms with E-state index < -0.39 is 38.2 Å². The molecule has 1 saturated heterocycles. The van der Waals surface area contributed by atoms with Crippen molar-refractivity contribution in [1.29, 1.82) is 0 Å². The van der Waals surface area contributed by atoms with Crippen LogP contribution in [0.15, 0.2) is 34.5 Å². The number of ether oxygens (including phenoxy) is 2. The number of aromatic nitrogens is 2. The highest BCUT2D eigenvalue weighted by molar-refractivity contribution is 7.44. The van der Waals surface area contributed by atoms with Gasteiger partial charge in [-0.3, -0.25) is 14.3 Å². The summed E-state index contributed by atoms with van der Waals surface area (Å²) in [5.41, 5.74) is -1.03. The Bertz CT molecular complexity index is 818. The second kappa shape index (κ2) is 11.5. The number of H-pyrrole nitrogens is 1. The Labute approximate surface area is 185 Å². The lowest BCUT2D eigenvalue weighted by Gasteiger charge is -2.38. The number of allylic oxidation sites excluding steroid dienone is 1. The van der Waals surface area contributed by atoms with E-state index in [9.17, 15) is 9.59 Å². The fraction of sp³-hybridized carbons (Fsp3) is 0.714. The van der Waals surface area contributed by atoms with Crippen molar-refractivity contribution in [3.8, 4) is 0 Å². The van der Waals surface area contributed by atoms with Crippen molar-refractivity contribution in [3.63, 3.8) is 0 Å². The van der Waals surface area contributed by atoms with Crippen LogP contribution in [0, 0.1) is 5.92 Å². The molecule has 1 aliphatic rings. The van der Waals surface area contributed by atoms with Crippen LogP contribution in [0.3, 0.4) is 0 Å². The fourth-order valence-electron chi connectivity index (χ4n) is 4.01. The number of aromatic amines is 1. The summed E-state index contributed by atoms with van der Waals surface area (Å²) in [6.45, 7) is 14.3. The summed E-state index contributed by atoms with van der Waals surface area (Å²) < 4.78 is 27.9. The van der Waals surface area contributed by atoms with Gasteiger partial charge < -0.3 is 18.5 Å². The van der Waals surface area contributed by atoms with Gasteiger partial charge in [-0.25, -0.2) is 9.46 Å². The molecule has 0 bridgehead atoms. The Morgan fingerprint density at radius 1 is 1.23 bits per heavy atom. The molecule has 1 aromatic rings. The lowest BCUT2D eigenvalue weighted by atomic mass is 9.95. The molecule has 1 N–H and O–H groups in total. The van der Waals surface area contributed by atoms with E-state index >= 15 is 0 Å². The van der Waals surface area contributed by atoms with Crippen LogP contribution in [-0.2, 0) is 18.5 Å². The fourth-order valence-corrected chi connectivity index (χ4v) is 5.60. The zero-order valence-electron chi connectivity index (χ0n) is 19.5. The number of hydrogen-bond acceptors (Lipinski definition) is 7. The summed E-state index contributed by atoms with van der Waals surface area (Å²) in [5, 5.41) is 0. The molecule has 1 aromatic heterocycles. The highest BCUT2D eigenvalue weighted by atomic mass is 31.2. The van der Waals surface area contributed by atoms with Crippen LogP contribution in [0.25, 0.3) is 0 Å².